The van der Waals surface area contributed by atoms with Crippen molar-refractivity contribution in [1.82, 2.24) is 18.7 Å². The molecule has 0 fully saturated rings. The molecule has 0 unspecified atom stereocenters. The highest BCUT2D eigenvalue weighted by molar-refractivity contribution is 9.10. The van der Waals surface area contributed by atoms with Gasteiger partial charge in [0.05, 0.1) is 55.9 Å². The minimum atomic E-state index is -0.0233. The molecule has 4 aliphatic heterocycles. The SMILES string of the molecule is CC(C)(C)c1ccc2c(c1)B1c3cc(C(C)(C)C)ccc3Oc3cc(-n4c5ccccc5c5ccc6c(c7ccccc7n6-c6ccccc6)c54)cc(c31)O2.CC(C)(C)c1ccc2c(c1)B1c3cc(C(C)(C)C)ccc3Oc3cc(Br)cc(c31)O2.[C+]1=Cc2c(c3c4[nH]c5ccccc5c4ccc3n2-c2ccccc2)C=C1. The molecule has 0 atom stereocenters. The summed E-state index contributed by atoms with van der Waals surface area (Å²) in [7, 11) is 0. The fraction of sp³-hybridized carbons (Fsp3) is 0.160. The average Bonchev–Trinajstić information content (AvgIpc) is 1.71. The van der Waals surface area contributed by atoms with Crippen LogP contribution >= 0.6 is 15.9 Å². The summed E-state index contributed by atoms with van der Waals surface area (Å²) in [5.41, 5.74) is 26.4. The number of allylic oxidation sites excluding steroid dienone is 2. The van der Waals surface area contributed by atoms with Gasteiger partial charge in [0.25, 0.3) is 13.4 Å². The molecule has 4 aromatic heterocycles. The highest BCUT2D eigenvalue weighted by Gasteiger charge is 2.44. The Labute approximate surface area is 656 Å². The highest BCUT2D eigenvalue weighted by atomic mass is 79.9. The number of para-hydroxylation sites is 5. The van der Waals surface area contributed by atoms with E-state index in [0.29, 0.717) is 0 Å². The number of ether oxygens (including phenoxy) is 4. The van der Waals surface area contributed by atoms with E-state index in [2.05, 4.69) is 391 Å². The van der Waals surface area contributed by atoms with Gasteiger partial charge in [0.15, 0.2) is 5.69 Å². The Morgan fingerprint density at radius 2 is 0.757 bits per heavy atom. The van der Waals surface area contributed by atoms with E-state index in [4.69, 9.17) is 18.9 Å². The van der Waals surface area contributed by atoms with Crippen molar-refractivity contribution in [2.75, 3.05) is 0 Å². The summed E-state index contributed by atoms with van der Waals surface area (Å²) in [4.78, 5) is 3.65. The Kier molecular flexibility index (Phi) is 15.4. The largest absolute Gasteiger partial charge is 0.458 e. The second-order valence-electron chi connectivity index (χ2n) is 34.5. The standard InChI is InChI=1S/C50H41BN2O2.C26H26BBrO2.C24H15N2/c1-49(2,3)30-20-24-42-37(26-30)51-38-27-31(50(4,5)6)21-25-43(38)55-45-29-33(28-44(54-42)47(45)51)53-39-18-12-10-16-34(39)35-22-23-41-46(48(35)53)36-17-11-13-19-40(36)52(41)32-14-8-7-9-15-32;1-25(2,3)15-7-9-20-18(11-15)27-19-12-16(26(4,5)6)8-10-21(19)30-23-14-17(28)13-22(29-20)24(23)27;1-2-8-16(9-3-1)26-21-13-7-5-11-19(21)23-22(26)15-14-18-17-10-4-6-12-20(17)25-24(18)23/h7-29H,1-6H3;7-14H,1-6H3;1-6,8-15,25H/q;;+1. The van der Waals surface area contributed by atoms with Crippen LogP contribution in [-0.4, -0.2) is 32.1 Å². The number of hydrogen-bond acceptors (Lipinski definition) is 4. The van der Waals surface area contributed by atoms with Gasteiger partial charge in [0.2, 0.25) is 0 Å². The zero-order chi connectivity index (χ0) is 75.9. The summed E-state index contributed by atoms with van der Waals surface area (Å²) >= 11 is 3.62. The van der Waals surface area contributed by atoms with Crippen molar-refractivity contribution in [1.29, 1.82) is 0 Å². The molecule has 0 saturated heterocycles. The summed E-state index contributed by atoms with van der Waals surface area (Å²) in [5, 5.41) is 8.67. The second kappa shape index (κ2) is 25.0. The van der Waals surface area contributed by atoms with Crippen LogP contribution in [0.5, 0.6) is 46.0 Å². The third kappa shape index (κ3) is 11.0. The van der Waals surface area contributed by atoms with Gasteiger partial charge >= 0.3 is 0 Å². The Bertz CT molecular complexity index is 6670. The van der Waals surface area contributed by atoms with E-state index < -0.39 is 0 Å². The van der Waals surface area contributed by atoms with Crippen LogP contribution in [0.1, 0.15) is 117 Å². The summed E-state index contributed by atoms with van der Waals surface area (Å²) in [6.07, 6.45) is 9.50. The Morgan fingerprint density at radius 3 is 1.25 bits per heavy atom. The topological polar surface area (TPSA) is 67.5 Å². The first-order valence-corrected chi connectivity index (χ1v) is 39.5. The van der Waals surface area contributed by atoms with Crippen molar-refractivity contribution < 1.29 is 18.9 Å². The highest BCUT2D eigenvalue weighted by Crippen LogP contribution is 2.47. The van der Waals surface area contributed by atoms with Gasteiger partial charge in [-0.25, -0.2) is 0 Å². The smallest absolute Gasteiger partial charge is 0.260 e. The van der Waals surface area contributed by atoms with Crippen molar-refractivity contribution in [3.8, 4) is 63.1 Å². The van der Waals surface area contributed by atoms with Crippen molar-refractivity contribution in [2.24, 2.45) is 0 Å². The van der Waals surface area contributed by atoms with E-state index in [1.54, 1.807) is 0 Å². The molecule has 0 radical (unpaired) electrons. The van der Waals surface area contributed by atoms with E-state index in [-0.39, 0.29) is 35.1 Å². The molecule has 13 aromatic carbocycles. The van der Waals surface area contributed by atoms with Gasteiger partial charge in [0, 0.05) is 77.1 Å². The van der Waals surface area contributed by atoms with E-state index in [1.165, 1.54) is 132 Å². The van der Waals surface area contributed by atoms with Crippen molar-refractivity contribution in [3.63, 3.8) is 0 Å². The number of H-pyrrole nitrogens is 1. The summed E-state index contributed by atoms with van der Waals surface area (Å²) < 4.78 is 34.8. The van der Waals surface area contributed by atoms with E-state index in [1.807, 2.05) is 6.08 Å². The zero-order valence-electron chi connectivity index (χ0n) is 64.5. The van der Waals surface area contributed by atoms with Gasteiger partial charge in [-0.3, -0.25) is 4.57 Å². The lowest BCUT2D eigenvalue weighted by Crippen LogP contribution is -2.57. The minimum absolute atomic E-state index is 0.00521. The molecule has 8 heterocycles. The molecule has 0 saturated carbocycles. The predicted octanol–water partition coefficient (Wildman–Crippen LogP) is 23.1. The van der Waals surface area contributed by atoms with Crippen molar-refractivity contribution >= 4 is 151 Å². The summed E-state index contributed by atoms with van der Waals surface area (Å²) in [5.74, 6) is 7.07. The molecule has 1 aliphatic carbocycles. The van der Waals surface area contributed by atoms with Gasteiger partial charge < -0.3 is 33.1 Å². The van der Waals surface area contributed by atoms with Crippen LogP contribution in [0.2, 0.25) is 0 Å². The maximum Gasteiger partial charge on any atom is 0.260 e. The lowest BCUT2D eigenvalue weighted by atomic mass is 9.34. The molecule has 22 rings (SSSR count). The number of nitrogens with zero attached hydrogens (tertiary/aromatic N) is 3. The molecule has 0 amide bonds. The molecule has 0 spiro atoms. The average molecular weight is 1510 g/mol. The predicted molar refractivity (Wildman–Crippen MR) is 469 cm³/mol. The molecular formula is C100H82B2BrN4O4+. The molecule has 17 aromatic rings. The van der Waals surface area contributed by atoms with Gasteiger partial charge in [0.1, 0.15) is 63.7 Å². The van der Waals surface area contributed by atoms with Crippen LogP contribution in [0.25, 0.3) is 106 Å². The second-order valence-corrected chi connectivity index (χ2v) is 35.4. The maximum atomic E-state index is 6.99. The quantitative estimate of drug-likeness (QED) is 0.141. The molecular weight excluding hydrogens is 1420 g/mol. The number of hydrogen-bond donors (Lipinski definition) is 1. The van der Waals surface area contributed by atoms with Gasteiger partial charge in [-0.1, -0.05) is 251 Å². The van der Waals surface area contributed by atoms with Crippen molar-refractivity contribution in [2.45, 2.75) is 105 Å². The third-order valence-corrected chi connectivity index (χ3v) is 23.8. The van der Waals surface area contributed by atoms with Crippen LogP contribution < -0.4 is 51.7 Å². The van der Waals surface area contributed by atoms with E-state index in [0.717, 1.165) is 78.3 Å². The molecule has 5 aliphatic rings. The lowest BCUT2D eigenvalue weighted by molar-refractivity contribution is 0.462. The Balaban J connectivity index is 0.000000120. The fourth-order valence-corrected chi connectivity index (χ4v) is 18.2. The third-order valence-electron chi connectivity index (χ3n) is 23.4. The maximum absolute atomic E-state index is 6.99. The first-order valence-electron chi connectivity index (χ1n) is 38.7. The minimum Gasteiger partial charge on any atom is -0.458 e. The first-order chi connectivity index (χ1) is 53.5. The number of halogens is 1. The molecule has 1 N–H and O–H groups in total. The monoisotopic (exact) mass is 1500 g/mol. The Morgan fingerprint density at radius 1 is 0.342 bits per heavy atom. The normalized spacial score (nSPS) is 13.6. The number of aromatic amines is 1. The van der Waals surface area contributed by atoms with Gasteiger partial charge in [-0.2, -0.15) is 0 Å². The summed E-state index contributed by atoms with van der Waals surface area (Å²) in [6.45, 7) is 27.3. The number of benzene rings is 13. The Hall–Kier alpha value is -12.0. The molecule has 11 heteroatoms. The van der Waals surface area contributed by atoms with E-state index >= 15 is 0 Å². The van der Waals surface area contributed by atoms with Crippen LogP contribution in [0.3, 0.4) is 0 Å². The molecule has 111 heavy (non-hydrogen) atoms. The van der Waals surface area contributed by atoms with E-state index in [9.17, 15) is 0 Å². The number of rotatable bonds is 3. The van der Waals surface area contributed by atoms with Gasteiger partial charge in [-0.15, -0.1) is 0 Å². The zero-order valence-corrected chi connectivity index (χ0v) is 66.1. The van der Waals surface area contributed by atoms with Crippen molar-refractivity contribution in [3.05, 3.63) is 305 Å². The lowest BCUT2D eigenvalue weighted by Gasteiger charge is -2.35. The molecule has 538 valence electrons. The summed E-state index contributed by atoms with van der Waals surface area (Å²) in [6, 6.07) is 91.8. The molecule has 0 bridgehead atoms. The number of fused-ring (bicyclic) bond motifs is 22. The van der Waals surface area contributed by atoms with Crippen LogP contribution in [0, 0.1) is 6.08 Å². The molecule has 8 nitrogen and oxygen atoms in total. The number of aromatic nitrogens is 4. The van der Waals surface area contributed by atoms with Crippen LogP contribution in [-0.2, 0) is 21.7 Å². The van der Waals surface area contributed by atoms with Gasteiger partial charge in [-0.05, 0) is 157 Å². The van der Waals surface area contributed by atoms with Crippen LogP contribution in [0.4, 0.5) is 0 Å². The first kappa shape index (κ1) is 68.3. The number of nitrogens with one attached hydrogen (secondary N) is 1. The van der Waals surface area contributed by atoms with Crippen LogP contribution in [0.15, 0.2) is 265 Å². The fourth-order valence-electron chi connectivity index (χ4n) is 17.8.